The van der Waals surface area contributed by atoms with Crippen molar-refractivity contribution in [1.29, 1.82) is 0 Å². The molecule has 98 valence electrons. The van der Waals surface area contributed by atoms with Crippen LogP contribution in [0.25, 0.3) is 11.1 Å². The van der Waals surface area contributed by atoms with E-state index in [1.165, 1.54) is 18.2 Å². The lowest BCUT2D eigenvalue weighted by molar-refractivity contribution is -0.120. The number of halogens is 4. The first-order valence-corrected chi connectivity index (χ1v) is 5.45. The lowest BCUT2D eigenvalue weighted by atomic mass is 10.0. The van der Waals surface area contributed by atoms with Crippen molar-refractivity contribution in [3.05, 3.63) is 52.8 Å². The number of ether oxygens (including phenoxy) is 1. The standard InChI is InChI=1S/C13H6ClF3O2/c14-10-5-8(19-6-18)1-2-9(10)7-3-11(15)13(17)12(16)4-7/h1-6H. The minimum Gasteiger partial charge on any atom is -0.429 e. The van der Waals surface area contributed by atoms with E-state index in [1.807, 2.05) is 0 Å². The van der Waals surface area contributed by atoms with Gasteiger partial charge in [0.25, 0.3) is 6.47 Å². The maximum absolute atomic E-state index is 13.1. The first-order chi connectivity index (χ1) is 9.02. The number of hydrogen-bond donors (Lipinski definition) is 0. The molecule has 2 rings (SSSR count). The van der Waals surface area contributed by atoms with Crippen LogP contribution in [0.4, 0.5) is 13.2 Å². The second-order valence-corrected chi connectivity index (χ2v) is 4.02. The van der Waals surface area contributed by atoms with Gasteiger partial charge >= 0.3 is 0 Å². The minimum atomic E-state index is -1.54. The van der Waals surface area contributed by atoms with Gasteiger partial charge in [0.15, 0.2) is 17.5 Å². The van der Waals surface area contributed by atoms with Gasteiger partial charge in [0.2, 0.25) is 0 Å². The predicted octanol–water partition coefficient (Wildman–Crippen LogP) is 3.96. The Morgan fingerprint density at radius 1 is 1.05 bits per heavy atom. The predicted molar refractivity (Wildman–Crippen MR) is 63.5 cm³/mol. The van der Waals surface area contributed by atoms with Crippen molar-refractivity contribution < 1.29 is 22.7 Å². The van der Waals surface area contributed by atoms with Crippen molar-refractivity contribution in [2.45, 2.75) is 0 Å². The van der Waals surface area contributed by atoms with Crippen molar-refractivity contribution in [3.63, 3.8) is 0 Å². The Hall–Kier alpha value is -2.01. The molecule has 0 heterocycles. The molecule has 0 radical (unpaired) electrons. The molecule has 0 atom stereocenters. The van der Waals surface area contributed by atoms with Crippen molar-refractivity contribution >= 4 is 18.1 Å². The first kappa shape index (κ1) is 13.4. The molecular weight excluding hydrogens is 281 g/mol. The Labute approximate surface area is 111 Å². The zero-order valence-corrected chi connectivity index (χ0v) is 10.0. The van der Waals surface area contributed by atoms with Crippen LogP contribution in [0.5, 0.6) is 5.75 Å². The van der Waals surface area contributed by atoms with Gasteiger partial charge in [0.05, 0.1) is 5.02 Å². The summed E-state index contributed by atoms with van der Waals surface area (Å²) in [5.41, 5.74) is 0.372. The normalized spacial score (nSPS) is 10.3. The van der Waals surface area contributed by atoms with E-state index in [2.05, 4.69) is 4.74 Å². The molecule has 0 fully saturated rings. The van der Waals surface area contributed by atoms with E-state index < -0.39 is 17.5 Å². The molecule has 0 amide bonds. The molecule has 0 aliphatic heterocycles. The van der Waals surface area contributed by atoms with Gasteiger partial charge in [0, 0.05) is 11.6 Å². The second kappa shape index (κ2) is 5.32. The molecule has 0 spiro atoms. The summed E-state index contributed by atoms with van der Waals surface area (Å²) in [5.74, 6) is -3.97. The molecule has 2 aromatic rings. The summed E-state index contributed by atoms with van der Waals surface area (Å²) in [5, 5.41) is 0.116. The van der Waals surface area contributed by atoms with Crippen LogP contribution in [0.15, 0.2) is 30.3 Å². The van der Waals surface area contributed by atoms with Crippen LogP contribution >= 0.6 is 11.6 Å². The van der Waals surface area contributed by atoms with Crippen molar-refractivity contribution in [2.24, 2.45) is 0 Å². The van der Waals surface area contributed by atoms with Crippen molar-refractivity contribution in [2.75, 3.05) is 0 Å². The molecule has 19 heavy (non-hydrogen) atoms. The fourth-order valence-electron chi connectivity index (χ4n) is 1.57. The molecule has 0 aromatic heterocycles. The Bertz CT molecular complexity index is 621. The van der Waals surface area contributed by atoms with E-state index in [0.717, 1.165) is 12.1 Å². The third kappa shape index (κ3) is 2.71. The summed E-state index contributed by atoms with van der Waals surface area (Å²) in [6.45, 7) is 0.225. The van der Waals surface area contributed by atoms with Gasteiger partial charge in [-0.3, -0.25) is 4.79 Å². The zero-order valence-electron chi connectivity index (χ0n) is 9.29. The van der Waals surface area contributed by atoms with E-state index in [4.69, 9.17) is 11.6 Å². The lowest BCUT2D eigenvalue weighted by Crippen LogP contribution is -1.93. The molecule has 0 N–H and O–H groups in total. The third-order valence-electron chi connectivity index (χ3n) is 2.42. The summed E-state index contributed by atoms with van der Waals surface area (Å²) >= 11 is 5.91. The summed E-state index contributed by atoms with van der Waals surface area (Å²) in [7, 11) is 0. The van der Waals surface area contributed by atoms with Crippen LogP contribution < -0.4 is 4.74 Å². The number of carbonyl (C=O) groups excluding carboxylic acids is 1. The van der Waals surface area contributed by atoms with E-state index in [-0.39, 0.29) is 28.4 Å². The van der Waals surface area contributed by atoms with Crippen LogP contribution in [-0.4, -0.2) is 6.47 Å². The van der Waals surface area contributed by atoms with Crippen molar-refractivity contribution in [3.8, 4) is 16.9 Å². The van der Waals surface area contributed by atoms with Gasteiger partial charge in [-0.1, -0.05) is 11.6 Å². The SMILES string of the molecule is O=COc1ccc(-c2cc(F)c(F)c(F)c2)c(Cl)c1. The van der Waals surface area contributed by atoms with Gasteiger partial charge in [-0.05, 0) is 29.8 Å². The lowest BCUT2D eigenvalue weighted by Gasteiger charge is -2.07. The molecule has 0 aliphatic rings. The Morgan fingerprint density at radius 2 is 1.68 bits per heavy atom. The van der Waals surface area contributed by atoms with Crippen LogP contribution in [0, 0.1) is 17.5 Å². The highest BCUT2D eigenvalue weighted by molar-refractivity contribution is 6.33. The molecule has 6 heteroatoms. The van der Waals surface area contributed by atoms with E-state index >= 15 is 0 Å². The zero-order chi connectivity index (χ0) is 14.0. The average molecular weight is 287 g/mol. The molecule has 0 unspecified atom stereocenters. The largest absolute Gasteiger partial charge is 0.429 e. The smallest absolute Gasteiger partial charge is 0.298 e. The molecule has 0 saturated heterocycles. The number of benzene rings is 2. The minimum absolute atomic E-state index is 0.0825. The fourth-order valence-corrected chi connectivity index (χ4v) is 1.85. The summed E-state index contributed by atoms with van der Waals surface area (Å²) < 4.78 is 43.7. The molecule has 2 nitrogen and oxygen atoms in total. The quantitative estimate of drug-likeness (QED) is 0.630. The fraction of sp³-hybridized carbons (Fsp3) is 0. The monoisotopic (exact) mass is 286 g/mol. The van der Waals surface area contributed by atoms with Gasteiger partial charge in [-0.2, -0.15) is 0 Å². The summed E-state index contributed by atoms with van der Waals surface area (Å²) in [6, 6.07) is 5.78. The van der Waals surface area contributed by atoms with Crippen LogP contribution in [0.3, 0.4) is 0 Å². The average Bonchev–Trinajstić information content (AvgIpc) is 2.36. The number of rotatable bonds is 3. The van der Waals surface area contributed by atoms with Crippen LogP contribution in [-0.2, 0) is 4.79 Å². The highest BCUT2D eigenvalue weighted by Gasteiger charge is 2.13. The Kier molecular flexibility index (Phi) is 3.76. The number of hydrogen-bond acceptors (Lipinski definition) is 2. The molecule has 0 aliphatic carbocycles. The van der Waals surface area contributed by atoms with Gasteiger partial charge < -0.3 is 4.74 Å². The maximum Gasteiger partial charge on any atom is 0.298 e. The Balaban J connectivity index is 2.50. The third-order valence-corrected chi connectivity index (χ3v) is 2.73. The summed E-state index contributed by atoms with van der Waals surface area (Å²) in [4.78, 5) is 10.2. The van der Waals surface area contributed by atoms with E-state index in [0.29, 0.717) is 0 Å². The maximum atomic E-state index is 13.1. The molecule has 2 aromatic carbocycles. The summed E-state index contributed by atoms with van der Waals surface area (Å²) in [6.07, 6.45) is 0. The second-order valence-electron chi connectivity index (χ2n) is 3.61. The van der Waals surface area contributed by atoms with Crippen LogP contribution in [0.2, 0.25) is 5.02 Å². The van der Waals surface area contributed by atoms with Gasteiger partial charge in [0.1, 0.15) is 5.75 Å². The highest BCUT2D eigenvalue weighted by Crippen LogP contribution is 2.32. The number of carbonyl (C=O) groups is 1. The highest BCUT2D eigenvalue weighted by atomic mass is 35.5. The van der Waals surface area contributed by atoms with Crippen LogP contribution in [0.1, 0.15) is 0 Å². The first-order valence-electron chi connectivity index (χ1n) is 5.07. The van der Waals surface area contributed by atoms with Crippen molar-refractivity contribution in [1.82, 2.24) is 0 Å². The van der Waals surface area contributed by atoms with E-state index in [9.17, 15) is 18.0 Å². The Morgan fingerprint density at radius 3 is 2.21 bits per heavy atom. The molecule has 0 saturated carbocycles. The molecular formula is C13H6ClF3O2. The van der Waals surface area contributed by atoms with Gasteiger partial charge in [-0.15, -0.1) is 0 Å². The van der Waals surface area contributed by atoms with E-state index in [1.54, 1.807) is 0 Å². The molecule has 0 bridgehead atoms. The van der Waals surface area contributed by atoms with Gasteiger partial charge in [-0.25, -0.2) is 13.2 Å². The topological polar surface area (TPSA) is 26.3 Å².